The fourth-order valence-corrected chi connectivity index (χ4v) is 1.00. The van der Waals surface area contributed by atoms with Crippen LogP contribution in [0.5, 0.6) is 0 Å². The van der Waals surface area contributed by atoms with Gasteiger partial charge in [0.15, 0.2) is 0 Å². The van der Waals surface area contributed by atoms with Crippen LogP contribution in [0, 0.1) is 0 Å². The van der Waals surface area contributed by atoms with E-state index in [1.807, 2.05) is 0 Å². The molecule has 0 saturated carbocycles. The van der Waals surface area contributed by atoms with Gasteiger partial charge in [-0.05, 0) is 27.2 Å². The minimum absolute atomic E-state index is 0.0656. The summed E-state index contributed by atoms with van der Waals surface area (Å²) in [6, 6.07) is -1.04. The summed E-state index contributed by atoms with van der Waals surface area (Å²) >= 11 is 0. The van der Waals surface area contributed by atoms with Crippen molar-refractivity contribution in [2.75, 3.05) is 0 Å². The summed E-state index contributed by atoms with van der Waals surface area (Å²) in [5.74, 6) is -1.86. The van der Waals surface area contributed by atoms with Crippen LogP contribution in [0.2, 0.25) is 0 Å². The lowest BCUT2D eigenvalue weighted by Gasteiger charge is -2.22. The Bertz CT molecular complexity index is 308. The Morgan fingerprint density at radius 2 is 1.88 bits per heavy atom. The quantitative estimate of drug-likeness (QED) is 0.641. The van der Waals surface area contributed by atoms with Crippen molar-refractivity contribution in [1.29, 1.82) is 0 Å². The van der Waals surface area contributed by atoms with Crippen molar-refractivity contribution in [3.63, 3.8) is 0 Å². The van der Waals surface area contributed by atoms with Gasteiger partial charge in [0.05, 0.1) is 0 Å². The van der Waals surface area contributed by atoms with Crippen molar-refractivity contribution in [1.82, 2.24) is 5.32 Å². The number of carboxylic acid groups (broad SMARTS) is 1. The topological polar surface area (TPSA) is 119 Å². The molecule has 2 amide bonds. The van der Waals surface area contributed by atoms with Gasteiger partial charge in [-0.25, -0.2) is 4.79 Å². The second-order valence-electron chi connectivity index (χ2n) is 4.53. The van der Waals surface area contributed by atoms with Gasteiger partial charge in [0.1, 0.15) is 11.6 Å². The number of aliphatic carboxylic acids is 1. The number of ether oxygens (including phenoxy) is 1. The predicted octanol–water partition coefficient (Wildman–Crippen LogP) is 0.230. The van der Waals surface area contributed by atoms with Crippen LogP contribution >= 0.6 is 0 Å². The molecule has 0 bridgehead atoms. The summed E-state index contributed by atoms with van der Waals surface area (Å²) in [6.07, 6.45) is -1.13. The van der Waals surface area contributed by atoms with Crippen LogP contribution in [0.15, 0.2) is 0 Å². The average Bonchev–Trinajstić information content (AvgIpc) is 2.08. The molecular formula is C10H18N2O5. The third kappa shape index (κ3) is 8.06. The lowest BCUT2D eigenvalue weighted by atomic mass is 10.1. The minimum atomic E-state index is -1.07. The summed E-state index contributed by atoms with van der Waals surface area (Å²) in [5, 5.41) is 10.7. The maximum absolute atomic E-state index is 11.3. The highest BCUT2D eigenvalue weighted by molar-refractivity contribution is 5.84. The van der Waals surface area contributed by atoms with Crippen molar-refractivity contribution in [2.45, 2.75) is 45.3 Å². The van der Waals surface area contributed by atoms with Gasteiger partial charge < -0.3 is 20.9 Å². The Morgan fingerprint density at radius 3 is 2.24 bits per heavy atom. The number of rotatable bonds is 5. The molecule has 0 radical (unpaired) electrons. The Kier molecular flexibility index (Phi) is 5.43. The molecule has 17 heavy (non-hydrogen) atoms. The molecule has 0 aliphatic heterocycles. The van der Waals surface area contributed by atoms with E-state index in [1.54, 1.807) is 20.8 Å². The second-order valence-corrected chi connectivity index (χ2v) is 4.53. The Hall–Kier alpha value is -1.79. The summed E-state index contributed by atoms with van der Waals surface area (Å²) in [7, 11) is 0. The monoisotopic (exact) mass is 246 g/mol. The van der Waals surface area contributed by atoms with Crippen molar-refractivity contribution >= 4 is 18.0 Å². The first-order chi connectivity index (χ1) is 7.61. The number of hydrogen-bond donors (Lipinski definition) is 3. The molecule has 0 aliphatic carbocycles. The largest absolute Gasteiger partial charge is 0.481 e. The summed E-state index contributed by atoms with van der Waals surface area (Å²) in [4.78, 5) is 32.6. The van der Waals surface area contributed by atoms with Crippen molar-refractivity contribution in [2.24, 2.45) is 5.73 Å². The normalized spacial score (nSPS) is 12.6. The molecule has 0 aromatic rings. The van der Waals surface area contributed by atoms with E-state index in [2.05, 4.69) is 5.32 Å². The number of primary amides is 1. The van der Waals surface area contributed by atoms with Gasteiger partial charge in [-0.15, -0.1) is 0 Å². The van der Waals surface area contributed by atoms with Crippen LogP contribution in [0.3, 0.4) is 0 Å². The fourth-order valence-electron chi connectivity index (χ4n) is 1.00. The molecular weight excluding hydrogens is 228 g/mol. The molecule has 0 aromatic heterocycles. The molecule has 7 heteroatoms. The van der Waals surface area contributed by atoms with Crippen LogP contribution in [0.1, 0.15) is 33.6 Å². The fraction of sp³-hybridized carbons (Fsp3) is 0.700. The Balaban J connectivity index is 4.30. The van der Waals surface area contributed by atoms with Crippen LogP contribution in [0.4, 0.5) is 4.79 Å². The van der Waals surface area contributed by atoms with E-state index < -0.39 is 29.6 Å². The molecule has 0 unspecified atom stereocenters. The van der Waals surface area contributed by atoms with Crippen molar-refractivity contribution in [3.05, 3.63) is 0 Å². The molecule has 1 atom stereocenters. The third-order valence-electron chi connectivity index (χ3n) is 1.68. The maximum atomic E-state index is 11.3. The third-order valence-corrected chi connectivity index (χ3v) is 1.68. The van der Waals surface area contributed by atoms with E-state index in [0.717, 1.165) is 0 Å². The Labute approximate surface area is 99.3 Å². The van der Waals surface area contributed by atoms with Gasteiger partial charge >= 0.3 is 12.1 Å². The van der Waals surface area contributed by atoms with Gasteiger partial charge in [0.2, 0.25) is 5.91 Å². The number of alkyl carbamates (subject to hydrolysis) is 1. The number of nitrogens with one attached hydrogen (secondary N) is 1. The highest BCUT2D eigenvalue weighted by Crippen LogP contribution is 2.07. The maximum Gasteiger partial charge on any atom is 0.408 e. The standard InChI is InChI=1S/C10H18N2O5/c1-10(2,3)17-9(16)12-6(8(11)15)4-5-7(13)14/h6H,4-5H2,1-3H3,(H2,11,15)(H,12,16)(H,13,14)/t6-/m1/s1. The molecule has 0 fully saturated rings. The first-order valence-electron chi connectivity index (χ1n) is 5.12. The number of carbonyl (C=O) groups excluding carboxylic acids is 2. The van der Waals surface area contributed by atoms with E-state index >= 15 is 0 Å². The Morgan fingerprint density at radius 1 is 1.35 bits per heavy atom. The van der Waals surface area contributed by atoms with Gasteiger partial charge in [0.25, 0.3) is 0 Å². The number of nitrogens with two attached hydrogens (primary N) is 1. The first kappa shape index (κ1) is 15.2. The SMILES string of the molecule is CC(C)(C)OC(=O)N[C@H](CCC(=O)O)C(N)=O. The average molecular weight is 246 g/mol. The van der Waals surface area contributed by atoms with E-state index in [1.165, 1.54) is 0 Å². The van der Waals surface area contributed by atoms with Crippen LogP contribution in [0.25, 0.3) is 0 Å². The number of carbonyl (C=O) groups is 3. The molecule has 7 nitrogen and oxygen atoms in total. The van der Waals surface area contributed by atoms with Crippen molar-refractivity contribution < 1.29 is 24.2 Å². The lowest BCUT2D eigenvalue weighted by molar-refractivity contribution is -0.137. The van der Waals surface area contributed by atoms with E-state index in [4.69, 9.17) is 15.6 Å². The lowest BCUT2D eigenvalue weighted by Crippen LogP contribution is -2.46. The van der Waals surface area contributed by atoms with Crippen LogP contribution < -0.4 is 11.1 Å². The van der Waals surface area contributed by atoms with Crippen LogP contribution in [-0.2, 0) is 14.3 Å². The molecule has 0 spiro atoms. The van der Waals surface area contributed by atoms with E-state index in [0.29, 0.717) is 0 Å². The highest BCUT2D eigenvalue weighted by Gasteiger charge is 2.23. The smallest absolute Gasteiger partial charge is 0.408 e. The zero-order valence-electron chi connectivity index (χ0n) is 10.1. The molecule has 0 aromatic carbocycles. The van der Waals surface area contributed by atoms with Gasteiger partial charge in [0, 0.05) is 6.42 Å². The predicted molar refractivity (Wildman–Crippen MR) is 59.2 cm³/mol. The number of hydrogen-bond acceptors (Lipinski definition) is 4. The summed E-state index contributed by atoms with van der Waals surface area (Å²) in [5.41, 5.74) is 4.34. The van der Waals surface area contributed by atoms with Crippen LogP contribution in [-0.4, -0.2) is 34.7 Å². The molecule has 98 valence electrons. The molecule has 4 N–H and O–H groups in total. The first-order valence-corrected chi connectivity index (χ1v) is 5.12. The molecule has 0 rings (SSSR count). The van der Waals surface area contributed by atoms with Gasteiger partial charge in [-0.2, -0.15) is 0 Å². The zero-order valence-corrected chi connectivity index (χ0v) is 10.1. The summed E-state index contributed by atoms with van der Waals surface area (Å²) < 4.78 is 4.92. The highest BCUT2D eigenvalue weighted by atomic mass is 16.6. The second kappa shape index (κ2) is 6.07. The van der Waals surface area contributed by atoms with E-state index in [-0.39, 0.29) is 12.8 Å². The summed E-state index contributed by atoms with van der Waals surface area (Å²) in [6.45, 7) is 5.01. The van der Waals surface area contributed by atoms with Gasteiger partial charge in [-0.3, -0.25) is 9.59 Å². The number of carboxylic acids is 1. The van der Waals surface area contributed by atoms with Gasteiger partial charge in [-0.1, -0.05) is 0 Å². The van der Waals surface area contributed by atoms with Crippen molar-refractivity contribution in [3.8, 4) is 0 Å². The number of amides is 2. The molecule has 0 aliphatic rings. The van der Waals surface area contributed by atoms with E-state index in [9.17, 15) is 14.4 Å². The minimum Gasteiger partial charge on any atom is -0.481 e. The molecule has 0 heterocycles. The molecule has 0 saturated heterocycles. The zero-order chi connectivity index (χ0) is 13.6.